The third kappa shape index (κ3) is 4.80. The Kier molecular flexibility index (Phi) is 6.31. The van der Waals surface area contributed by atoms with Crippen molar-refractivity contribution in [2.45, 2.75) is 4.90 Å². The molecule has 138 valence electrons. The summed E-state index contributed by atoms with van der Waals surface area (Å²) in [4.78, 5) is 12.0. The first-order chi connectivity index (χ1) is 12.3. The van der Waals surface area contributed by atoms with E-state index in [9.17, 15) is 18.3 Å². The standard InChI is InChI=1S/C17H19N3O5S/c1-20(26(23,24)14-6-4-3-5-7-14)12-17(22)19-18-11-13-8-9-15(21)16(10-13)25-2/h3-11,21H,12H2,1-2H3,(H,19,22)/b18-11-. The van der Waals surface area contributed by atoms with Crippen LogP contribution in [0.3, 0.4) is 0 Å². The summed E-state index contributed by atoms with van der Waals surface area (Å²) in [5.41, 5.74) is 2.85. The van der Waals surface area contributed by atoms with Gasteiger partial charge in [0, 0.05) is 7.05 Å². The van der Waals surface area contributed by atoms with Crippen LogP contribution in [0.25, 0.3) is 0 Å². The maximum absolute atomic E-state index is 12.3. The summed E-state index contributed by atoms with van der Waals surface area (Å²) < 4.78 is 30.6. The quantitative estimate of drug-likeness (QED) is 0.556. The smallest absolute Gasteiger partial charge is 0.255 e. The van der Waals surface area contributed by atoms with Crippen molar-refractivity contribution in [1.82, 2.24) is 9.73 Å². The fraction of sp³-hybridized carbons (Fsp3) is 0.176. The van der Waals surface area contributed by atoms with Crippen LogP contribution in [-0.2, 0) is 14.8 Å². The van der Waals surface area contributed by atoms with Crippen LogP contribution in [-0.4, -0.2) is 50.7 Å². The fourth-order valence-corrected chi connectivity index (χ4v) is 3.20. The Morgan fingerprint density at radius 1 is 1.27 bits per heavy atom. The molecule has 0 aliphatic rings. The lowest BCUT2D eigenvalue weighted by atomic mass is 10.2. The molecule has 0 bridgehead atoms. The molecule has 0 aliphatic carbocycles. The first-order valence-corrected chi connectivity index (χ1v) is 8.99. The number of ether oxygens (including phenoxy) is 1. The van der Waals surface area contributed by atoms with E-state index in [1.807, 2.05) is 0 Å². The molecular formula is C17H19N3O5S. The number of phenols is 1. The van der Waals surface area contributed by atoms with Gasteiger partial charge in [-0.25, -0.2) is 13.8 Å². The molecule has 0 atom stereocenters. The van der Waals surface area contributed by atoms with Gasteiger partial charge in [-0.3, -0.25) is 4.79 Å². The number of benzene rings is 2. The SMILES string of the molecule is COc1cc(/C=N\NC(=O)CN(C)S(=O)(=O)c2ccccc2)ccc1O. The lowest BCUT2D eigenvalue weighted by molar-refractivity contribution is -0.121. The van der Waals surface area contributed by atoms with Crippen molar-refractivity contribution in [3.05, 3.63) is 54.1 Å². The van der Waals surface area contributed by atoms with Crippen molar-refractivity contribution in [3.63, 3.8) is 0 Å². The number of phenolic OH excluding ortho intramolecular Hbond substituents is 1. The van der Waals surface area contributed by atoms with E-state index in [0.29, 0.717) is 5.56 Å². The molecule has 2 aromatic carbocycles. The number of carbonyl (C=O) groups excluding carboxylic acids is 1. The first kappa shape index (κ1) is 19.4. The second-order valence-corrected chi connectivity index (χ2v) is 7.34. The number of nitrogens with zero attached hydrogens (tertiary/aromatic N) is 2. The number of methoxy groups -OCH3 is 1. The van der Waals surface area contributed by atoms with Gasteiger partial charge in [-0.15, -0.1) is 0 Å². The molecule has 0 aliphatic heterocycles. The lowest BCUT2D eigenvalue weighted by Crippen LogP contribution is -2.36. The number of sulfonamides is 1. The molecule has 0 saturated heterocycles. The van der Waals surface area contributed by atoms with E-state index in [-0.39, 0.29) is 22.9 Å². The van der Waals surface area contributed by atoms with Gasteiger partial charge in [0.1, 0.15) is 0 Å². The minimum atomic E-state index is -3.75. The molecule has 2 N–H and O–H groups in total. The van der Waals surface area contributed by atoms with Crippen LogP contribution in [0.1, 0.15) is 5.56 Å². The van der Waals surface area contributed by atoms with Crippen LogP contribution in [0, 0.1) is 0 Å². The fourth-order valence-electron chi connectivity index (χ4n) is 2.05. The van der Waals surface area contributed by atoms with Crippen molar-refractivity contribution >= 4 is 22.1 Å². The Morgan fingerprint density at radius 2 is 1.96 bits per heavy atom. The Morgan fingerprint density at radius 3 is 2.62 bits per heavy atom. The number of aromatic hydroxyl groups is 1. The topological polar surface area (TPSA) is 108 Å². The van der Waals surface area contributed by atoms with Crippen LogP contribution in [0.2, 0.25) is 0 Å². The summed E-state index contributed by atoms with van der Waals surface area (Å²) in [7, 11) is -1.02. The van der Waals surface area contributed by atoms with Crippen LogP contribution in [0.4, 0.5) is 0 Å². The van der Waals surface area contributed by atoms with Gasteiger partial charge in [0.25, 0.3) is 5.91 Å². The molecule has 2 aromatic rings. The van der Waals surface area contributed by atoms with Gasteiger partial charge >= 0.3 is 0 Å². The van der Waals surface area contributed by atoms with Crippen LogP contribution in [0.5, 0.6) is 11.5 Å². The minimum absolute atomic E-state index is 0.0126. The van der Waals surface area contributed by atoms with E-state index >= 15 is 0 Å². The molecule has 8 nitrogen and oxygen atoms in total. The van der Waals surface area contributed by atoms with E-state index in [0.717, 1.165) is 4.31 Å². The highest BCUT2D eigenvalue weighted by atomic mass is 32.2. The minimum Gasteiger partial charge on any atom is -0.504 e. The predicted octanol–water partition coefficient (Wildman–Crippen LogP) is 1.17. The highest BCUT2D eigenvalue weighted by molar-refractivity contribution is 7.89. The predicted molar refractivity (Wildman–Crippen MR) is 96.7 cm³/mol. The Hall–Kier alpha value is -2.91. The van der Waals surface area contributed by atoms with Crippen molar-refractivity contribution in [2.75, 3.05) is 20.7 Å². The zero-order chi connectivity index (χ0) is 19.2. The van der Waals surface area contributed by atoms with Crippen molar-refractivity contribution in [3.8, 4) is 11.5 Å². The maximum Gasteiger partial charge on any atom is 0.255 e. The number of amides is 1. The Balaban J connectivity index is 1.96. The molecule has 0 unspecified atom stereocenters. The normalized spacial score (nSPS) is 11.7. The number of carbonyl (C=O) groups is 1. The first-order valence-electron chi connectivity index (χ1n) is 7.55. The monoisotopic (exact) mass is 377 g/mol. The zero-order valence-electron chi connectivity index (χ0n) is 14.3. The molecule has 0 saturated carbocycles. The van der Waals surface area contributed by atoms with E-state index < -0.39 is 15.9 Å². The second-order valence-electron chi connectivity index (χ2n) is 5.30. The molecule has 2 rings (SSSR count). The Bertz CT molecular complexity index is 898. The third-order valence-corrected chi connectivity index (χ3v) is 5.24. The van der Waals surface area contributed by atoms with Gasteiger partial charge in [-0.2, -0.15) is 9.41 Å². The summed E-state index contributed by atoms with van der Waals surface area (Å²) in [5.74, 6) is -0.329. The highest BCUT2D eigenvalue weighted by Gasteiger charge is 2.22. The van der Waals surface area contributed by atoms with E-state index in [1.54, 1.807) is 24.3 Å². The number of hydrogen-bond donors (Lipinski definition) is 2. The van der Waals surface area contributed by atoms with Crippen LogP contribution in [0.15, 0.2) is 58.5 Å². The van der Waals surface area contributed by atoms with Gasteiger partial charge in [-0.1, -0.05) is 18.2 Å². The molecule has 1 amide bonds. The molecule has 26 heavy (non-hydrogen) atoms. The average molecular weight is 377 g/mol. The van der Waals surface area contributed by atoms with Crippen molar-refractivity contribution in [2.24, 2.45) is 5.10 Å². The van der Waals surface area contributed by atoms with Gasteiger partial charge in [0.2, 0.25) is 10.0 Å². The van der Waals surface area contributed by atoms with Crippen molar-refractivity contribution < 1.29 is 23.1 Å². The highest BCUT2D eigenvalue weighted by Crippen LogP contribution is 2.25. The maximum atomic E-state index is 12.3. The summed E-state index contributed by atoms with van der Waals surface area (Å²) in [6.07, 6.45) is 1.35. The second kappa shape index (κ2) is 8.45. The van der Waals surface area contributed by atoms with E-state index in [2.05, 4.69) is 10.5 Å². The Labute approximate surface area is 151 Å². The van der Waals surface area contributed by atoms with Gasteiger partial charge < -0.3 is 9.84 Å². The van der Waals surface area contributed by atoms with Gasteiger partial charge in [0.05, 0.1) is 24.8 Å². The molecule has 0 aromatic heterocycles. The van der Waals surface area contributed by atoms with Crippen LogP contribution < -0.4 is 10.2 Å². The molecule has 0 fully saturated rings. The van der Waals surface area contributed by atoms with Crippen LogP contribution >= 0.6 is 0 Å². The van der Waals surface area contributed by atoms with Gasteiger partial charge in [-0.05, 0) is 35.9 Å². The largest absolute Gasteiger partial charge is 0.504 e. The number of rotatable bonds is 7. The summed E-state index contributed by atoms with van der Waals surface area (Å²) in [6.45, 7) is -0.381. The van der Waals surface area contributed by atoms with Gasteiger partial charge in [0.15, 0.2) is 11.5 Å². The molecule has 9 heteroatoms. The number of likely N-dealkylation sites (N-methyl/N-ethyl adjacent to an activating group) is 1. The molecule has 0 heterocycles. The lowest BCUT2D eigenvalue weighted by Gasteiger charge is -2.15. The number of hydrazone groups is 1. The molecular weight excluding hydrogens is 358 g/mol. The summed E-state index contributed by atoms with van der Waals surface area (Å²) in [6, 6.07) is 12.4. The zero-order valence-corrected chi connectivity index (χ0v) is 15.1. The third-order valence-electron chi connectivity index (χ3n) is 3.42. The summed E-state index contributed by atoms with van der Waals surface area (Å²) >= 11 is 0. The van der Waals surface area contributed by atoms with E-state index in [4.69, 9.17) is 4.74 Å². The molecule has 0 spiro atoms. The summed E-state index contributed by atoms with van der Waals surface area (Å²) in [5, 5.41) is 13.3. The van der Waals surface area contributed by atoms with Crippen molar-refractivity contribution in [1.29, 1.82) is 0 Å². The number of hydrogen-bond acceptors (Lipinski definition) is 6. The van der Waals surface area contributed by atoms with E-state index in [1.165, 1.54) is 44.6 Å². The number of nitrogens with one attached hydrogen (secondary N) is 1. The average Bonchev–Trinajstić information content (AvgIpc) is 2.63. The molecule has 0 radical (unpaired) electrons.